The molecule has 1 N–H and O–H groups in total. The fourth-order valence-corrected chi connectivity index (χ4v) is 1.55. The van der Waals surface area contributed by atoms with Crippen molar-refractivity contribution in [2.75, 3.05) is 26.8 Å². The van der Waals surface area contributed by atoms with E-state index in [1.165, 1.54) is 0 Å². The first kappa shape index (κ1) is 12.6. The molecule has 1 rings (SSSR count). The van der Waals surface area contributed by atoms with E-state index in [0.717, 1.165) is 13.1 Å². The zero-order valence-corrected chi connectivity index (χ0v) is 10.7. The molecule has 15 heavy (non-hydrogen) atoms. The van der Waals surface area contributed by atoms with Crippen molar-refractivity contribution in [1.29, 1.82) is 0 Å². The molecule has 0 fully saturated rings. The van der Waals surface area contributed by atoms with Gasteiger partial charge < -0.3 is 10.1 Å². The first-order chi connectivity index (χ1) is 7.25. The molecule has 0 aliphatic rings. The highest BCUT2D eigenvalue weighted by molar-refractivity contribution is 14.1. The second-order valence-corrected chi connectivity index (χ2v) is 4.15. The van der Waals surface area contributed by atoms with Gasteiger partial charge in [-0.25, -0.2) is 4.98 Å². The van der Waals surface area contributed by atoms with Crippen LogP contribution in [0.3, 0.4) is 0 Å². The Balaban J connectivity index is 2.38. The van der Waals surface area contributed by atoms with Crippen molar-refractivity contribution < 1.29 is 4.74 Å². The number of nitrogens with zero attached hydrogens (tertiary/aromatic N) is 2. The first-order valence-corrected chi connectivity index (χ1v) is 5.73. The lowest BCUT2D eigenvalue weighted by Gasteiger charge is -2.06. The van der Waals surface area contributed by atoms with Crippen molar-refractivity contribution in [2.45, 2.75) is 6.54 Å². The number of hydrogen-bond acceptors (Lipinski definition) is 4. The van der Waals surface area contributed by atoms with Crippen LogP contribution in [0.5, 0.6) is 0 Å². The number of rotatable bonds is 6. The molecule has 6 heteroatoms. The van der Waals surface area contributed by atoms with Crippen molar-refractivity contribution in [3.05, 3.63) is 26.4 Å². The van der Waals surface area contributed by atoms with Gasteiger partial charge in [0.1, 0.15) is 0 Å². The SMILES string of the molecule is COCCNCCn1cncc(I)c1=O. The van der Waals surface area contributed by atoms with E-state index in [0.29, 0.717) is 16.7 Å². The number of aromatic nitrogens is 2. The predicted octanol–water partition coefficient (Wildman–Crippen LogP) is 0.0839. The van der Waals surface area contributed by atoms with E-state index < -0.39 is 0 Å². The Morgan fingerprint density at radius 3 is 3.13 bits per heavy atom. The molecule has 0 radical (unpaired) electrons. The number of halogens is 1. The number of nitrogens with one attached hydrogen (secondary N) is 1. The van der Waals surface area contributed by atoms with Gasteiger partial charge in [-0.3, -0.25) is 9.36 Å². The molecule has 0 spiro atoms. The second-order valence-electron chi connectivity index (χ2n) is 2.98. The van der Waals surface area contributed by atoms with E-state index in [4.69, 9.17) is 4.74 Å². The topological polar surface area (TPSA) is 56.1 Å². The van der Waals surface area contributed by atoms with Crippen LogP contribution in [0.15, 0.2) is 17.3 Å². The summed E-state index contributed by atoms with van der Waals surface area (Å²) < 4.78 is 7.14. The number of ether oxygens (including phenoxy) is 1. The van der Waals surface area contributed by atoms with Gasteiger partial charge >= 0.3 is 0 Å². The van der Waals surface area contributed by atoms with Crippen molar-refractivity contribution in [3.63, 3.8) is 0 Å². The zero-order valence-electron chi connectivity index (χ0n) is 8.57. The van der Waals surface area contributed by atoms with Crippen LogP contribution >= 0.6 is 22.6 Å². The fraction of sp³-hybridized carbons (Fsp3) is 0.556. The maximum atomic E-state index is 11.6. The minimum absolute atomic E-state index is 0.0131. The van der Waals surface area contributed by atoms with Gasteiger partial charge in [0, 0.05) is 32.9 Å². The lowest BCUT2D eigenvalue weighted by molar-refractivity contribution is 0.199. The molecule has 0 bridgehead atoms. The summed E-state index contributed by atoms with van der Waals surface area (Å²) in [5.41, 5.74) is 0.0131. The molecular weight excluding hydrogens is 309 g/mol. The van der Waals surface area contributed by atoms with E-state index in [2.05, 4.69) is 10.3 Å². The Hall–Kier alpha value is -0.470. The molecule has 0 aliphatic carbocycles. The second kappa shape index (κ2) is 6.91. The average molecular weight is 323 g/mol. The van der Waals surface area contributed by atoms with E-state index >= 15 is 0 Å². The molecule has 0 unspecified atom stereocenters. The average Bonchev–Trinajstić information content (AvgIpc) is 2.24. The van der Waals surface area contributed by atoms with Crippen LogP contribution in [0.4, 0.5) is 0 Å². The van der Waals surface area contributed by atoms with E-state index in [9.17, 15) is 4.79 Å². The van der Waals surface area contributed by atoms with Crippen LogP contribution in [-0.4, -0.2) is 36.4 Å². The van der Waals surface area contributed by atoms with Gasteiger partial charge in [0.15, 0.2) is 0 Å². The third-order valence-corrected chi connectivity index (χ3v) is 2.61. The summed E-state index contributed by atoms with van der Waals surface area (Å²) in [6, 6.07) is 0. The van der Waals surface area contributed by atoms with Crippen molar-refractivity contribution in [2.24, 2.45) is 0 Å². The van der Waals surface area contributed by atoms with Crippen molar-refractivity contribution in [1.82, 2.24) is 14.9 Å². The minimum atomic E-state index is 0.0131. The molecule has 0 saturated heterocycles. The summed E-state index contributed by atoms with van der Waals surface area (Å²) in [6.07, 6.45) is 3.13. The number of methoxy groups -OCH3 is 1. The van der Waals surface area contributed by atoms with Gasteiger partial charge in [0.25, 0.3) is 5.56 Å². The molecule has 1 aromatic rings. The quantitative estimate of drug-likeness (QED) is 0.595. The summed E-state index contributed by atoms with van der Waals surface area (Å²) in [4.78, 5) is 15.5. The standard InChI is InChI=1S/C9H14IN3O2/c1-15-5-3-11-2-4-13-7-12-6-8(10)9(13)14/h6-7,11H,2-5H2,1H3. The Morgan fingerprint density at radius 1 is 1.60 bits per heavy atom. The van der Waals surface area contributed by atoms with E-state index in [1.807, 2.05) is 22.6 Å². The molecule has 0 amide bonds. The molecule has 1 aromatic heterocycles. The van der Waals surface area contributed by atoms with Crippen LogP contribution in [0, 0.1) is 3.57 Å². The summed E-state index contributed by atoms with van der Waals surface area (Å²) in [5.74, 6) is 0. The third-order valence-electron chi connectivity index (χ3n) is 1.87. The largest absolute Gasteiger partial charge is 0.383 e. The highest BCUT2D eigenvalue weighted by Crippen LogP contribution is 1.92. The Morgan fingerprint density at radius 2 is 2.40 bits per heavy atom. The minimum Gasteiger partial charge on any atom is -0.383 e. The molecule has 84 valence electrons. The third kappa shape index (κ3) is 4.27. The molecule has 5 nitrogen and oxygen atoms in total. The van der Waals surface area contributed by atoms with E-state index in [-0.39, 0.29) is 5.56 Å². The molecular formula is C9H14IN3O2. The fourth-order valence-electron chi connectivity index (χ4n) is 1.08. The Kier molecular flexibility index (Phi) is 5.81. The monoisotopic (exact) mass is 323 g/mol. The highest BCUT2D eigenvalue weighted by Gasteiger charge is 1.99. The van der Waals surface area contributed by atoms with Crippen LogP contribution < -0.4 is 10.9 Å². The normalized spacial score (nSPS) is 10.5. The first-order valence-electron chi connectivity index (χ1n) is 4.65. The van der Waals surface area contributed by atoms with Crippen LogP contribution in [0.2, 0.25) is 0 Å². The number of hydrogen-bond donors (Lipinski definition) is 1. The van der Waals surface area contributed by atoms with Gasteiger partial charge in [-0.15, -0.1) is 0 Å². The van der Waals surface area contributed by atoms with Crippen LogP contribution in [0.25, 0.3) is 0 Å². The smallest absolute Gasteiger partial charge is 0.266 e. The highest BCUT2D eigenvalue weighted by atomic mass is 127. The van der Waals surface area contributed by atoms with Gasteiger partial charge in [-0.1, -0.05) is 0 Å². The zero-order chi connectivity index (χ0) is 11.1. The summed E-state index contributed by atoms with van der Waals surface area (Å²) in [7, 11) is 1.66. The summed E-state index contributed by atoms with van der Waals surface area (Å²) in [5, 5.41) is 3.17. The molecule has 0 aromatic carbocycles. The summed E-state index contributed by atoms with van der Waals surface area (Å²) >= 11 is 1.99. The molecule has 0 aliphatic heterocycles. The lowest BCUT2D eigenvalue weighted by Crippen LogP contribution is -2.29. The predicted molar refractivity (Wildman–Crippen MR) is 66.0 cm³/mol. The van der Waals surface area contributed by atoms with Gasteiger partial charge in [0.05, 0.1) is 16.5 Å². The summed E-state index contributed by atoms with van der Waals surface area (Å²) in [6.45, 7) is 2.85. The van der Waals surface area contributed by atoms with Gasteiger partial charge in [0.2, 0.25) is 0 Å². The Bertz CT molecular complexity index is 353. The lowest BCUT2D eigenvalue weighted by atomic mass is 10.5. The van der Waals surface area contributed by atoms with Crippen molar-refractivity contribution >= 4 is 22.6 Å². The van der Waals surface area contributed by atoms with Crippen LogP contribution in [0.1, 0.15) is 0 Å². The molecule has 0 saturated carbocycles. The molecule has 0 atom stereocenters. The van der Waals surface area contributed by atoms with Crippen LogP contribution in [-0.2, 0) is 11.3 Å². The van der Waals surface area contributed by atoms with Gasteiger partial charge in [-0.2, -0.15) is 0 Å². The Labute approximate surface area is 102 Å². The molecule has 1 heterocycles. The maximum Gasteiger partial charge on any atom is 0.266 e. The van der Waals surface area contributed by atoms with Gasteiger partial charge in [-0.05, 0) is 22.6 Å². The maximum absolute atomic E-state index is 11.6. The van der Waals surface area contributed by atoms with Crippen molar-refractivity contribution in [3.8, 4) is 0 Å². The van der Waals surface area contributed by atoms with E-state index in [1.54, 1.807) is 24.2 Å².